The topological polar surface area (TPSA) is 91.7 Å². The van der Waals surface area contributed by atoms with Crippen molar-refractivity contribution in [3.63, 3.8) is 0 Å². The summed E-state index contributed by atoms with van der Waals surface area (Å²) < 4.78 is 10.5. The van der Waals surface area contributed by atoms with Crippen molar-refractivity contribution in [1.82, 2.24) is 20.2 Å². The minimum Gasteiger partial charge on any atom is -0.497 e. The van der Waals surface area contributed by atoms with Gasteiger partial charge in [-0.2, -0.15) is 4.36 Å². The summed E-state index contributed by atoms with van der Waals surface area (Å²) >= 11 is 6.51. The SMILES string of the molecule is CCS(=Nc1nc2ccccc2nc1Nc1cc(OC)ccc1Cl)c1cccc(C(=O)NC(C)(C)CN2CCCCC2)c1. The number of amides is 1. The van der Waals surface area contributed by atoms with Gasteiger partial charge in [-0.3, -0.25) is 4.79 Å². The number of anilines is 2. The van der Waals surface area contributed by atoms with E-state index in [1.807, 2.05) is 54.6 Å². The first-order valence-corrected chi connectivity index (χ1v) is 16.4. The fourth-order valence-electron chi connectivity index (χ4n) is 5.26. The lowest BCUT2D eigenvalue weighted by Crippen LogP contribution is -2.52. The van der Waals surface area contributed by atoms with Crippen molar-refractivity contribution in [3.8, 4) is 5.75 Å². The number of likely N-dealkylation sites (tertiary alicyclic amines) is 1. The number of fused-ring (bicyclic) bond motifs is 1. The van der Waals surface area contributed by atoms with Crippen LogP contribution in [0.1, 0.15) is 50.4 Å². The average Bonchev–Trinajstić information content (AvgIpc) is 3.01. The van der Waals surface area contributed by atoms with Gasteiger partial charge in [0.05, 0.1) is 28.9 Å². The molecular weight excluding hydrogens is 580 g/mol. The van der Waals surface area contributed by atoms with Crippen molar-refractivity contribution in [3.05, 3.63) is 77.3 Å². The number of hydrogen-bond donors (Lipinski definition) is 2. The van der Waals surface area contributed by atoms with E-state index in [1.165, 1.54) is 19.3 Å². The molecule has 226 valence electrons. The van der Waals surface area contributed by atoms with Crippen molar-refractivity contribution in [2.45, 2.75) is 50.5 Å². The summed E-state index contributed by atoms with van der Waals surface area (Å²) in [7, 11) is 1.02. The zero-order valence-electron chi connectivity index (χ0n) is 25.2. The second-order valence-corrected chi connectivity index (χ2v) is 13.7. The molecule has 0 aliphatic carbocycles. The molecule has 10 heteroatoms. The van der Waals surface area contributed by atoms with Gasteiger partial charge in [-0.15, -0.1) is 0 Å². The van der Waals surface area contributed by atoms with Gasteiger partial charge in [0.25, 0.3) is 5.91 Å². The van der Waals surface area contributed by atoms with Gasteiger partial charge in [0.1, 0.15) is 5.75 Å². The summed E-state index contributed by atoms with van der Waals surface area (Å²) in [6.45, 7) is 9.29. The Morgan fingerprint density at radius 1 is 1.02 bits per heavy atom. The summed E-state index contributed by atoms with van der Waals surface area (Å²) in [4.78, 5) is 26.5. The van der Waals surface area contributed by atoms with Crippen molar-refractivity contribution < 1.29 is 9.53 Å². The largest absolute Gasteiger partial charge is 0.497 e. The van der Waals surface area contributed by atoms with E-state index in [4.69, 9.17) is 30.7 Å². The minimum atomic E-state index is -0.587. The molecule has 2 heterocycles. The first kappa shape index (κ1) is 30.9. The predicted octanol–water partition coefficient (Wildman–Crippen LogP) is 7.54. The number of nitrogens with zero attached hydrogens (tertiary/aromatic N) is 4. The lowest BCUT2D eigenvalue weighted by molar-refractivity contribution is 0.0878. The van der Waals surface area contributed by atoms with E-state index in [-0.39, 0.29) is 11.4 Å². The number of nitrogens with one attached hydrogen (secondary N) is 2. The van der Waals surface area contributed by atoms with Crippen LogP contribution in [0, 0.1) is 0 Å². The molecule has 1 fully saturated rings. The van der Waals surface area contributed by atoms with Gasteiger partial charge in [0, 0.05) is 34.4 Å². The zero-order valence-corrected chi connectivity index (χ0v) is 26.8. The molecule has 0 saturated carbocycles. The number of benzene rings is 3. The molecule has 0 spiro atoms. The summed E-state index contributed by atoms with van der Waals surface area (Å²) in [5, 5.41) is 7.12. The Labute approximate surface area is 261 Å². The number of para-hydroxylation sites is 2. The minimum absolute atomic E-state index is 0.0796. The average molecular weight is 619 g/mol. The highest BCUT2D eigenvalue weighted by Crippen LogP contribution is 2.34. The van der Waals surface area contributed by atoms with E-state index in [2.05, 4.69) is 36.3 Å². The van der Waals surface area contributed by atoms with Gasteiger partial charge in [0.15, 0.2) is 5.82 Å². The Morgan fingerprint density at radius 3 is 2.49 bits per heavy atom. The van der Waals surface area contributed by atoms with Crippen LogP contribution in [0.2, 0.25) is 5.02 Å². The summed E-state index contributed by atoms with van der Waals surface area (Å²) in [5.74, 6) is 2.29. The molecule has 1 unspecified atom stereocenters. The van der Waals surface area contributed by atoms with Crippen molar-refractivity contribution >= 4 is 56.6 Å². The molecule has 1 aliphatic heterocycles. The van der Waals surface area contributed by atoms with Crippen LogP contribution < -0.4 is 15.4 Å². The molecule has 1 amide bonds. The molecule has 4 aromatic rings. The smallest absolute Gasteiger partial charge is 0.251 e. The molecule has 2 N–H and O–H groups in total. The maximum atomic E-state index is 13.4. The van der Waals surface area contributed by atoms with Crippen LogP contribution in [0.15, 0.2) is 76.0 Å². The highest BCUT2D eigenvalue weighted by atomic mass is 35.5. The van der Waals surface area contributed by atoms with Gasteiger partial charge in [-0.1, -0.05) is 53.8 Å². The van der Waals surface area contributed by atoms with Crippen LogP contribution in [0.3, 0.4) is 0 Å². The number of piperidine rings is 1. The number of ether oxygens (including phenoxy) is 1. The predicted molar refractivity (Wildman–Crippen MR) is 177 cm³/mol. The molecule has 1 saturated heterocycles. The maximum absolute atomic E-state index is 13.4. The second-order valence-electron chi connectivity index (χ2n) is 11.3. The Balaban J connectivity index is 1.45. The molecule has 0 radical (unpaired) electrons. The molecule has 5 rings (SSSR count). The standard InChI is InChI=1S/C33H39ClN6O2S/c1-5-43(25-13-11-12-23(20-25)32(41)38-33(2,3)22-40-18-9-6-10-19-40)39-31-30(35-27-14-7-8-15-28(27)36-31)37-29-21-24(42-4)16-17-26(29)34/h7-8,11-17,20-21H,5-6,9-10,18-19,22H2,1-4H3,(H,35,37)(H,38,41). The van der Waals surface area contributed by atoms with E-state index in [1.54, 1.807) is 19.2 Å². The second kappa shape index (κ2) is 13.8. The number of hydrogen-bond acceptors (Lipinski definition) is 7. The molecule has 43 heavy (non-hydrogen) atoms. The van der Waals surface area contributed by atoms with E-state index in [0.29, 0.717) is 33.7 Å². The van der Waals surface area contributed by atoms with Crippen LogP contribution in [0.5, 0.6) is 5.75 Å². The molecular formula is C33H39ClN6O2S. The highest BCUT2D eigenvalue weighted by Gasteiger charge is 2.25. The van der Waals surface area contributed by atoms with Crippen LogP contribution in [0.25, 0.3) is 11.0 Å². The van der Waals surface area contributed by atoms with Crippen molar-refractivity contribution in [2.24, 2.45) is 4.36 Å². The third kappa shape index (κ3) is 7.90. The molecule has 1 aromatic heterocycles. The van der Waals surface area contributed by atoms with E-state index in [0.717, 1.165) is 41.3 Å². The number of halogens is 1. The lowest BCUT2D eigenvalue weighted by atomic mass is 10.0. The molecule has 8 nitrogen and oxygen atoms in total. The normalized spacial score (nSPS) is 14.9. The van der Waals surface area contributed by atoms with Crippen LogP contribution in [0.4, 0.5) is 17.3 Å². The summed E-state index contributed by atoms with van der Waals surface area (Å²) in [6, 6.07) is 20.8. The van der Waals surface area contributed by atoms with E-state index in [9.17, 15) is 4.79 Å². The third-order valence-corrected chi connectivity index (χ3v) is 9.40. The number of carbonyl (C=O) groups excluding carboxylic acids is 1. The van der Waals surface area contributed by atoms with E-state index >= 15 is 0 Å². The van der Waals surface area contributed by atoms with E-state index < -0.39 is 10.7 Å². The van der Waals surface area contributed by atoms with Gasteiger partial charge in [-0.05, 0) is 82.2 Å². The molecule has 3 aromatic carbocycles. The lowest BCUT2D eigenvalue weighted by Gasteiger charge is -2.35. The Morgan fingerprint density at radius 2 is 1.77 bits per heavy atom. The number of carbonyl (C=O) groups is 1. The summed E-state index contributed by atoms with van der Waals surface area (Å²) in [5.41, 5.74) is 2.40. The van der Waals surface area contributed by atoms with Crippen LogP contribution in [-0.4, -0.2) is 58.8 Å². The quantitative estimate of drug-likeness (QED) is 0.191. The molecule has 0 bridgehead atoms. The Hall–Kier alpha value is -3.53. The Bertz CT molecular complexity index is 1640. The van der Waals surface area contributed by atoms with Gasteiger partial charge in [-0.25, -0.2) is 9.97 Å². The van der Waals surface area contributed by atoms with Crippen LogP contribution in [-0.2, 0) is 10.7 Å². The molecule has 1 aliphatic rings. The van der Waals surface area contributed by atoms with Crippen molar-refractivity contribution in [2.75, 3.05) is 37.8 Å². The first-order valence-electron chi connectivity index (χ1n) is 14.7. The van der Waals surface area contributed by atoms with Gasteiger partial charge >= 0.3 is 0 Å². The number of methoxy groups -OCH3 is 1. The highest BCUT2D eigenvalue weighted by molar-refractivity contribution is 7.87. The van der Waals surface area contributed by atoms with Crippen molar-refractivity contribution in [1.29, 1.82) is 0 Å². The zero-order chi connectivity index (χ0) is 30.4. The van der Waals surface area contributed by atoms with Crippen LogP contribution >= 0.6 is 11.6 Å². The fraction of sp³-hybridized carbons (Fsp3) is 0.364. The maximum Gasteiger partial charge on any atom is 0.251 e. The summed E-state index contributed by atoms with van der Waals surface area (Å²) in [6.07, 6.45) is 3.73. The third-order valence-electron chi connectivity index (χ3n) is 7.34. The van der Waals surface area contributed by atoms with Gasteiger partial charge < -0.3 is 20.3 Å². The first-order chi connectivity index (χ1) is 20.7. The Kier molecular flexibility index (Phi) is 9.95. The monoisotopic (exact) mass is 618 g/mol. The number of aromatic nitrogens is 2. The fourth-order valence-corrected chi connectivity index (χ4v) is 6.83. The van der Waals surface area contributed by atoms with Gasteiger partial charge in [0.2, 0.25) is 5.82 Å². The molecule has 1 atom stereocenters. The number of rotatable bonds is 10.